The van der Waals surface area contributed by atoms with E-state index in [0.29, 0.717) is 0 Å². The predicted octanol–water partition coefficient (Wildman–Crippen LogP) is 13.6. The Labute approximate surface area is 298 Å². The largest absolute Gasteiger partial charge is 0.309 e. The van der Waals surface area contributed by atoms with Crippen molar-refractivity contribution in [3.63, 3.8) is 0 Å². The van der Waals surface area contributed by atoms with Crippen molar-refractivity contribution in [2.75, 3.05) is 0 Å². The van der Waals surface area contributed by atoms with Gasteiger partial charge in [-0.05, 0) is 76.9 Å². The Kier molecular flexibility index (Phi) is 6.16. The van der Waals surface area contributed by atoms with Crippen LogP contribution >= 0.6 is 11.3 Å². The topological polar surface area (TPSA) is 9.86 Å². The van der Waals surface area contributed by atoms with Gasteiger partial charge in [-0.1, -0.05) is 127 Å². The van der Waals surface area contributed by atoms with E-state index in [4.69, 9.17) is 0 Å². The molecule has 0 saturated carbocycles. The van der Waals surface area contributed by atoms with Crippen LogP contribution in [0.5, 0.6) is 0 Å². The fourth-order valence-corrected chi connectivity index (χ4v) is 9.45. The molecule has 51 heavy (non-hydrogen) atoms. The molecule has 3 heterocycles. The molecule has 0 aliphatic carbocycles. The Balaban J connectivity index is 1.14. The van der Waals surface area contributed by atoms with Crippen LogP contribution < -0.4 is 0 Å². The van der Waals surface area contributed by atoms with Crippen molar-refractivity contribution in [1.82, 2.24) is 9.13 Å². The molecule has 0 spiro atoms. The van der Waals surface area contributed by atoms with E-state index >= 15 is 0 Å². The number of hydrogen-bond donors (Lipinski definition) is 0. The molecule has 238 valence electrons. The molecule has 0 radical (unpaired) electrons. The van der Waals surface area contributed by atoms with Crippen molar-refractivity contribution < 1.29 is 0 Å². The maximum Gasteiger partial charge on any atom is 0.0548 e. The molecule has 11 aromatic rings. The van der Waals surface area contributed by atoms with Gasteiger partial charge in [0.2, 0.25) is 0 Å². The zero-order chi connectivity index (χ0) is 33.5. The Bertz CT molecular complexity index is 3120. The first-order valence-electron chi connectivity index (χ1n) is 17.4. The zero-order valence-corrected chi connectivity index (χ0v) is 28.4. The molecule has 0 N–H and O–H groups in total. The summed E-state index contributed by atoms with van der Waals surface area (Å²) in [6.07, 6.45) is 0. The summed E-state index contributed by atoms with van der Waals surface area (Å²) in [7, 11) is 0. The quantitative estimate of drug-likeness (QED) is 0.177. The minimum Gasteiger partial charge on any atom is -0.309 e. The van der Waals surface area contributed by atoms with E-state index in [-0.39, 0.29) is 0 Å². The van der Waals surface area contributed by atoms with E-state index in [1.165, 1.54) is 86.0 Å². The maximum absolute atomic E-state index is 2.46. The summed E-state index contributed by atoms with van der Waals surface area (Å²) in [6.45, 7) is 0. The van der Waals surface area contributed by atoms with Crippen LogP contribution in [-0.2, 0) is 0 Å². The molecular weight excluding hydrogens is 637 g/mol. The number of para-hydroxylation sites is 2. The third-order valence-electron chi connectivity index (χ3n) is 10.5. The highest BCUT2D eigenvalue weighted by Crippen LogP contribution is 2.42. The van der Waals surface area contributed by atoms with Crippen molar-refractivity contribution in [2.45, 2.75) is 0 Å². The van der Waals surface area contributed by atoms with Crippen LogP contribution in [0.1, 0.15) is 0 Å². The molecular formula is C48H30N2S. The molecule has 0 amide bonds. The van der Waals surface area contributed by atoms with Gasteiger partial charge in [-0.3, -0.25) is 0 Å². The van der Waals surface area contributed by atoms with Crippen LogP contribution in [0.4, 0.5) is 0 Å². The zero-order valence-electron chi connectivity index (χ0n) is 27.6. The standard InChI is InChI=1S/C48H30N2S/c1-2-12-31(13-3-1)32-24-26-34(27-25-32)49-43-21-7-4-16-37(43)41-30-46-42(29-45(41)49)38-17-5-8-22-44(38)50(46)35-15-10-14-33(28-35)36-19-11-20-40-39-18-6-9-23-47(39)51-48(36)40/h1-30H. The first-order valence-corrected chi connectivity index (χ1v) is 18.3. The highest BCUT2D eigenvalue weighted by atomic mass is 32.1. The summed E-state index contributed by atoms with van der Waals surface area (Å²) in [5.74, 6) is 0. The second-order valence-corrected chi connectivity index (χ2v) is 14.4. The minimum absolute atomic E-state index is 1.16. The lowest BCUT2D eigenvalue weighted by Gasteiger charge is -2.12. The van der Waals surface area contributed by atoms with Crippen LogP contribution in [0.25, 0.3) is 97.4 Å². The van der Waals surface area contributed by atoms with Crippen LogP contribution in [0.2, 0.25) is 0 Å². The van der Waals surface area contributed by atoms with Crippen molar-refractivity contribution in [3.05, 3.63) is 182 Å². The fraction of sp³-hybridized carbons (Fsp3) is 0. The summed E-state index contributed by atoms with van der Waals surface area (Å²) in [5.41, 5.74) is 12.1. The Morgan fingerprint density at radius 2 is 0.863 bits per heavy atom. The number of hydrogen-bond acceptors (Lipinski definition) is 1. The third-order valence-corrected chi connectivity index (χ3v) is 11.7. The summed E-state index contributed by atoms with van der Waals surface area (Å²) in [6, 6.07) is 66.6. The van der Waals surface area contributed by atoms with Gasteiger partial charge in [-0.25, -0.2) is 0 Å². The van der Waals surface area contributed by atoms with Gasteiger partial charge in [0, 0.05) is 53.1 Å². The Morgan fingerprint density at radius 3 is 1.59 bits per heavy atom. The van der Waals surface area contributed by atoms with Crippen LogP contribution in [-0.4, -0.2) is 9.13 Å². The van der Waals surface area contributed by atoms with Gasteiger partial charge in [-0.15, -0.1) is 11.3 Å². The van der Waals surface area contributed by atoms with Crippen LogP contribution in [0.3, 0.4) is 0 Å². The summed E-state index contributed by atoms with van der Waals surface area (Å²) >= 11 is 1.88. The van der Waals surface area contributed by atoms with E-state index in [1.807, 2.05) is 11.3 Å². The number of aromatic nitrogens is 2. The molecule has 0 aliphatic rings. The predicted molar refractivity (Wildman–Crippen MR) is 219 cm³/mol. The summed E-state index contributed by atoms with van der Waals surface area (Å²) in [5, 5.41) is 7.66. The van der Waals surface area contributed by atoms with Gasteiger partial charge in [0.25, 0.3) is 0 Å². The lowest BCUT2D eigenvalue weighted by Crippen LogP contribution is -1.95. The lowest BCUT2D eigenvalue weighted by molar-refractivity contribution is 1.17. The smallest absolute Gasteiger partial charge is 0.0548 e. The van der Waals surface area contributed by atoms with E-state index < -0.39 is 0 Å². The molecule has 11 rings (SSSR count). The van der Waals surface area contributed by atoms with Gasteiger partial charge < -0.3 is 9.13 Å². The molecule has 0 unspecified atom stereocenters. The van der Waals surface area contributed by atoms with Crippen molar-refractivity contribution >= 4 is 75.1 Å². The van der Waals surface area contributed by atoms with E-state index in [2.05, 4.69) is 191 Å². The molecule has 8 aromatic carbocycles. The molecule has 3 heteroatoms. The average molecular weight is 667 g/mol. The van der Waals surface area contributed by atoms with Crippen LogP contribution in [0.15, 0.2) is 182 Å². The third kappa shape index (κ3) is 4.29. The van der Waals surface area contributed by atoms with E-state index in [9.17, 15) is 0 Å². The van der Waals surface area contributed by atoms with E-state index in [1.54, 1.807) is 0 Å². The van der Waals surface area contributed by atoms with E-state index in [0.717, 1.165) is 11.4 Å². The molecule has 0 bridgehead atoms. The fourth-order valence-electron chi connectivity index (χ4n) is 8.21. The second-order valence-electron chi connectivity index (χ2n) is 13.3. The number of thiophene rings is 1. The Morgan fingerprint density at radius 1 is 0.314 bits per heavy atom. The normalized spacial score (nSPS) is 11.9. The lowest BCUT2D eigenvalue weighted by atomic mass is 10.0. The molecule has 0 aliphatic heterocycles. The van der Waals surface area contributed by atoms with Crippen LogP contribution in [0, 0.1) is 0 Å². The van der Waals surface area contributed by atoms with Crippen molar-refractivity contribution in [1.29, 1.82) is 0 Å². The number of fused-ring (bicyclic) bond motifs is 9. The number of rotatable bonds is 4. The van der Waals surface area contributed by atoms with Crippen molar-refractivity contribution in [3.8, 4) is 33.6 Å². The average Bonchev–Trinajstić information content (AvgIpc) is 3.85. The minimum atomic E-state index is 1.16. The molecule has 0 saturated heterocycles. The van der Waals surface area contributed by atoms with Crippen molar-refractivity contribution in [2.24, 2.45) is 0 Å². The number of nitrogens with zero attached hydrogens (tertiary/aromatic N) is 2. The molecule has 0 atom stereocenters. The highest BCUT2D eigenvalue weighted by molar-refractivity contribution is 7.26. The van der Waals surface area contributed by atoms with Gasteiger partial charge in [0.15, 0.2) is 0 Å². The SMILES string of the molecule is c1ccc(-c2ccc(-n3c4ccccc4c4cc5c(cc43)c3ccccc3n5-c3cccc(-c4cccc5c4sc4ccccc45)c3)cc2)cc1. The second kappa shape index (κ2) is 11.0. The monoisotopic (exact) mass is 666 g/mol. The molecule has 0 fully saturated rings. The highest BCUT2D eigenvalue weighted by Gasteiger charge is 2.19. The molecule has 2 nitrogen and oxygen atoms in total. The summed E-state index contributed by atoms with van der Waals surface area (Å²) < 4.78 is 7.55. The first-order chi connectivity index (χ1) is 25.3. The van der Waals surface area contributed by atoms with Gasteiger partial charge in [0.05, 0.1) is 22.1 Å². The number of benzene rings is 8. The molecule has 3 aromatic heterocycles. The summed E-state index contributed by atoms with van der Waals surface area (Å²) in [4.78, 5) is 0. The Hall–Kier alpha value is -6.42. The maximum atomic E-state index is 2.46. The van der Waals surface area contributed by atoms with Gasteiger partial charge >= 0.3 is 0 Å². The first kappa shape index (κ1) is 28.4. The van der Waals surface area contributed by atoms with Gasteiger partial charge in [0.1, 0.15) is 0 Å². The van der Waals surface area contributed by atoms with Gasteiger partial charge in [-0.2, -0.15) is 0 Å².